The second-order valence-electron chi connectivity index (χ2n) is 6.22. The van der Waals surface area contributed by atoms with Crippen LogP contribution >= 0.6 is 0 Å². The summed E-state index contributed by atoms with van der Waals surface area (Å²) in [6, 6.07) is 27.5. The van der Waals surface area contributed by atoms with Crippen LogP contribution in [0.5, 0.6) is 0 Å². The zero-order valence-corrected chi connectivity index (χ0v) is 14.5. The fourth-order valence-electron chi connectivity index (χ4n) is 2.94. The molecule has 0 aliphatic carbocycles. The average Bonchev–Trinajstić information content (AvgIpc) is 3.00. The van der Waals surface area contributed by atoms with E-state index in [9.17, 15) is 4.79 Å². The van der Waals surface area contributed by atoms with E-state index < -0.39 is 0 Å². The van der Waals surface area contributed by atoms with Crippen LogP contribution in [-0.4, -0.2) is 11.7 Å². The van der Waals surface area contributed by atoms with Crippen LogP contribution in [0.2, 0.25) is 0 Å². The first-order chi connectivity index (χ1) is 12.7. The van der Waals surface area contributed by atoms with E-state index in [2.05, 4.69) is 4.99 Å². The van der Waals surface area contributed by atoms with Gasteiger partial charge in [-0.3, -0.25) is 9.69 Å². The van der Waals surface area contributed by atoms with Crippen LogP contribution in [0, 0.1) is 6.92 Å². The Morgan fingerprint density at radius 3 is 2.08 bits per heavy atom. The molecule has 0 saturated carbocycles. The molecule has 0 aromatic heterocycles. The van der Waals surface area contributed by atoms with Crippen LogP contribution in [0.15, 0.2) is 95.6 Å². The molecular weight excluding hydrogens is 320 g/mol. The topological polar surface area (TPSA) is 32.7 Å². The Bertz CT molecular complexity index is 987. The largest absolute Gasteiger partial charge is 0.282 e. The van der Waals surface area contributed by atoms with Crippen molar-refractivity contribution in [2.45, 2.75) is 6.92 Å². The quantitative estimate of drug-likeness (QED) is 0.630. The Kier molecular flexibility index (Phi) is 4.20. The highest BCUT2D eigenvalue weighted by Gasteiger charge is 2.32. The van der Waals surface area contributed by atoms with Crippen LogP contribution in [-0.2, 0) is 4.79 Å². The van der Waals surface area contributed by atoms with Gasteiger partial charge in [0, 0.05) is 5.56 Å². The van der Waals surface area contributed by atoms with Gasteiger partial charge in [0.25, 0.3) is 5.91 Å². The van der Waals surface area contributed by atoms with Crippen LogP contribution in [0.25, 0.3) is 6.08 Å². The van der Waals surface area contributed by atoms with E-state index in [0.717, 1.165) is 16.8 Å². The van der Waals surface area contributed by atoms with Gasteiger partial charge >= 0.3 is 0 Å². The standard InChI is InChI=1S/C23H18N2O/c1-17-12-14-19(15-13-17)22-24-21(16-18-8-4-2-5-9-18)23(26)25(22)20-10-6-3-7-11-20/h2-16H,1H3. The van der Waals surface area contributed by atoms with Crippen molar-refractivity contribution in [1.82, 2.24) is 0 Å². The van der Waals surface area contributed by atoms with Gasteiger partial charge in [-0.15, -0.1) is 0 Å². The molecule has 4 rings (SSSR count). The van der Waals surface area contributed by atoms with E-state index in [1.807, 2.05) is 97.9 Å². The number of aryl methyl sites for hydroxylation is 1. The Labute approximate surface area is 152 Å². The first-order valence-electron chi connectivity index (χ1n) is 8.54. The molecule has 3 aromatic carbocycles. The van der Waals surface area contributed by atoms with Gasteiger partial charge in [0.05, 0.1) is 5.69 Å². The maximum atomic E-state index is 13.1. The van der Waals surface area contributed by atoms with Crippen molar-refractivity contribution in [3.05, 3.63) is 107 Å². The number of carbonyl (C=O) groups is 1. The number of aliphatic imine (C=N–C) groups is 1. The number of nitrogens with zero attached hydrogens (tertiary/aromatic N) is 2. The van der Waals surface area contributed by atoms with E-state index in [0.29, 0.717) is 11.5 Å². The van der Waals surface area contributed by atoms with Crippen LogP contribution in [0.3, 0.4) is 0 Å². The number of amidine groups is 1. The molecule has 26 heavy (non-hydrogen) atoms. The highest BCUT2D eigenvalue weighted by atomic mass is 16.2. The lowest BCUT2D eigenvalue weighted by Gasteiger charge is -2.18. The maximum Gasteiger partial charge on any atom is 0.282 e. The summed E-state index contributed by atoms with van der Waals surface area (Å²) in [4.78, 5) is 19.5. The molecule has 1 amide bonds. The summed E-state index contributed by atoms with van der Waals surface area (Å²) in [7, 11) is 0. The van der Waals surface area contributed by atoms with Crippen molar-refractivity contribution >= 4 is 23.5 Å². The summed E-state index contributed by atoms with van der Waals surface area (Å²) >= 11 is 0. The summed E-state index contributed by atoms with van der Waals surface area (Å²) in [5.41, 5.74) is 4.30. The van der Waals surface area contributed by atoms with Crippen molar-refractivity contribution in [2.75, 3.05) is 4.90 Å². The molecule has 0 atom stereocenters. The molecule has 0 spiro atoms. The molecule has 3 heteroatoms. The normalized spacial score (nSPS) is 15.4. The summed E-state index contributed by atoms with van der Waals surface area (Å²) < 4.78 is 0. The van der Waals surface area contributed by atoms with Gasteiger partial charge in [-0.2, -0.15) is 0 Å². The Morgan fingerprint density at radius 1 is 0.808 bits per heavy atom. The van der Waals surface area contributed by atoms with Gasteiger partial charge in [-0.1, -0.05) is 78.4 Å². The van der Waals surface area contributed by atoms with Crippen molar-refractivity contribution in [3.63, 3.8) is 0 Å². The first kappa shape index (κ1) is 16.0. The summed E-state index contributed by atoms with van der Waals surface area (Å²) in [5.74, 6) is 0.541. The molecule has 3 aromatic rings. The number of rotatable bonds is 3. The Balaban J connectivity index is 1.82. The third-order valence-electron chi connectivity index (χ3n) is 4.29. The maximum absolute atomic E-state index is 13.1. The molecule has 0 unspecified atom stereocenters. The third kappa shape index (κ3) is 3.07. The summed E-state index contributed by atoms with van der Waals surface area (Å²) in [6.07, 6.45) is 1.83. The highest BCUT2D eigenvalue weighted by Crippen LogP contribution is 2.27. The van der Waals surface area contributed by atoms with Gasteiger partial charge in [-0.25, -0.2) is 4.99 Å². The minimum atomic E-state index is -0.115. The molecule has 1 heterocycles. The highest BCUT2D eigenvalue weighted by molar-refractivity contribution is 6.33. The van der Waals surface area contributed by atoms with Crippen molar-refractivity contribution < 1.29 is 4.79 Å². The third-order valence-corrected chi connectivity index (χ3v) is 4.29. The number of hydrogen-bond donors (Lipinski definition) is 0. The predicted octanol–water partition coefficient (Wildman–Crippen LogP) is 4.83. The number of anilines is 1. The second-order valence-corrected chi connectivity index (χ2v) is 6.22. The van der Waals surface area contributed by atoms with Crippen LogP contribution < -0.4 is 4.90 Å². The van der Waals surface area contributed by atoms with E-state index >= 15 is 0 Å². The SMILES string of the molecule is Cc1ccc(C2=NC(=Cc3ccccc3)C(=O)N2c2ccccc2)cc1. The van der Waals surface area contributed by atoms with Crippen molar-refractivity contribution in [3.8, 4) is 0 Å². The number of hydrogen-bond acceptors (Lipinski definition) is 2. The zero-order chi connectivity index (χ0) is 17.9. The monoisotopic (exact) mass is 338 g/mol. The lowest BCUT2D eigenvalue weighted by Crippen LogP contribution is -2.32. The van der Waals surface area contributed by atoms with Gasteiger partial charge in [-0.05, 0) is 30.7 Å². The number of benzene rings is 3. The van der Waals surface area contributed by atoms with Gasteiger partial charge in [0.2, 0.25) is 0 Å². The molecule has 0 saturated heterocycles. The number of amides is 1. The zero-order valence-electron chi connectivity index (χ0n) is 14.5. The van der Waals surface area contributed by atoms with Crippen molar-refractivity contribution in [2.24, 2.45) is 4.99 Å². The van der Waals surface area contributed by atoms with Crippen molar-refractivity contribution in [1.29, 1.82) is 0 Å². The van der Waals surface area contributed by atoms with Crippen LogP contribution in [0.4, 0.5) is 5.69 Å². The second kappa shape index (κ2) is 6.81. The lowest BCUT2D eigenvalue weighted by molar-refractivity contribution is -0.113. The molecule has 126 valence electrons. The molecule has 0 N–H and O–H groups in total. The first-order valence-corrected chi connectivity index (χ1v) is 8.54. The number of carbonyl (C=O) groups excluding carboxylic acids is 1. The minimum absolute atomic E-state index is 0.115. The number of para-hydroxylation sites is 1. The molecular formula is C23H18N2O. The summed E-state index contributed by atoms with van der Waals surface area (Å²) in [5, 5.41) is 0. The molecule has 1 aliphatic rings. The fraction of sp³-hybridized carbons (Fsp3) is 0.0435. The molecule has 0 radical (unpaired) electrons. The van der Waals surface area contributed by atoms with E-state index in [4.69, 9.17) is 0 Å². The van der Waals surface area contributed by atoms with E-state index in [-0.39, 0.29) is 5.91 Å². The lowest BCUT2D eigenvalue weighted by atomic mass is 10.1. The van der Waals surface area contributed by atoms with E-state index in [1.54, 1.807) is 4.90 Å². The Morgan fingerprint density at radius 2 is 1.42 bits per heavy atom. The van der Waals surface area contributed by atoms with E-state index in [1.165, 1.54) is 5.56 Å². The van der Waals surface area contributed by atoms with Crippen LogP contribution in [0.1, 0.15) is 16.7 Å². The molecule has 0 bridgehead atoms. The molecule has 1 aliphatic heterocycles. The smallest absolute Gasteiger partial charge is 0.266 e. The van der Waals surface area contributed by atoms with Gasteiger partial charge < -0.3 is 0 Å². The molecule has 0 fully saturated rings. The Hall–Kier alpha value is -3.46. The van der Waals surface area contributed by atoms with Gasteiger partial charge in [0.15, 0.2) is 0 Å². The summed E-state index contributed by atoms with van der Waals surface area (Å²) in [6.45, 7) is 2.04. The minimum Gasteiger partial charge on any atom is -0.266 e. The fourth-order valence-corrected chi connectivity index (χ4v) is 2.94. The van der Waals surface area contributed by atoms with Gasteiger partial charge in [0.1, 0.15) is 11.5 Å². The predicted molar refractivity (Wildman–Crippen MR) is 106 cm³/mol. The molecule has 3 nitrogen and oxygen atoms in total. The average molecular weight is 338 g/mol.